The van der Waals surface area contributed by atoms with Crippen LogP contribution in [0, 0.1) is 0 Å². The van der Waals surface area contributed by atoms with Gasteiger partial charge in [-0.3, -0.25) is 4.79 Å². The minimum Gasteiger partial charge on any atom is -0.496 e. The maximum absolute atomic E-state index is 12.5. The quantitative estimate of drug-likeness (QED) is 0.814. The number of methoxy groups -OCH3 is 1. The highest BCUT2D eigenvalue weighted by molar-refractivity contribution is 5.98. The number of carbonyl (C=O) groups is 2. The predicted molar refractivity (Wildman–Crippen MR) is 87.9 cm³/mol. The van der Waals surface area contributed by atoms with Crippen LogP contribution in [0.3, 0.4) is 0 Å². The van der Waals surface area contributed by atoms with Crippen molar-refractivity contribution in [1.29, 1.82) is 0 Å². The second-order valence-electron chi connectivity index (χ2n) is 5.31. The van der Waals surface area contributed by atoms with E-state index in [1.165, 1.54) is 20.1 Å². The van der Waals surface area contributed by atoms with Crippen LogP contribution in [0.1, 0.15) is 22.8 Å². The van der Waals surface area contributed by atoms with Gasteiger partial charge in [0.05, 0.1) is 12.7 Å². The molecule has 0 bridgehead atoms. The van der Waals surface area contributed by atoms with Gasteiger partial charge in [0.25, 0.3) is 5.91 Å². The number of ether oxygens (including phenoxy) is 2. The van der Waals surface area contributed by atoms with E-state index in [4.69, 9.17) is 9.47 Å². The third kappa shape index (κ3) is 4.75. The smallest absolute Gasteiger partial charge is 0.416 e. The normalized spacial score (nSPS) is 12.2. The molecule has 0 fully saturated rings. The average Bonchev–Trinajstić information content (AvgIpc) is 2.61. The van der Waals surface area contributed by atoms with Gasteiger partial charge in [0, 0.05) is 5.69 Å². The zero-order valence-corrected chi connectivity index (χ0v) is 14.0. The molecule has 0 aliphatic carbocycles. The molecule has 0 aliphatic rings. The third-order valence-corrected chi connectivity index (χ3v) is 3.46. The van der Waals surface area contributed by atoms with Crippen LogP contribution in [-0.4, -0.2) is 25.1 Å². The van der Waals surface area contributed by atoms with Crippen LogP contribution < -0.4 is 10.1 Å². The molecule has 1 amide bonds. The Hall–Kier alpha value is -3.03. The average molecular weight is 367 g/mol. The van der Waals surface area contributed by atoms with Gasteiger partial charge < -0.3 is 14.8 Å². The Morgan fingerprint density at radius 3 is 2.23 bits per heavy atom. The number of hydrogen-bond donors (Lipinski definition) is 1. The molecule has 8 heteroatoms. The maximum atomic E-state index is 12.5. The lowest BCUT2D eigenvalue weighted by molar-refractivity contribution is -0.137. The summed E-state index contributed by atoms with van der Waals surface area (Å²) in [6.07, 6.45) is -5.62. The van der Waals surface area contributed by atoms with Crippen molar-refractivity contribution < 1.29 is 32.2 Å². The first kappa shape index (κ1) is 19.3. The van der Waals surface area contributed by atoms with E-state index in [1.54, 1.807) is 18.2 Å². The molecule has 1 N–H and O–H groups in total. The Labute approximate surface area is 147 Å². The molecule has 0 aliphatic heterocycles. The van der Waals surface area contributed by atoms with Crippen LogP contribution in [0.25, 0.3) is 0 Å². The zero-order valence-electron chi connectivity index (χ0n) is 14.0. The van der Waals surface area contributed by atoms with Crippen molar-refractivity contribution in [3.63, 3.8) is 0 Å². The second-order valence-corrected chi connectivity index (χ2v) is 5.31. The van der Waals surface area contributed by atoms with E-state index >= 15 is 0 Å². The number of esters is 1. The van der Waals surface area contributed by atoms with E-state index in [0.29, 0.717) is 5.75 Å². The number of hydrogen-bond acceptors (Lipinski definition) is 4. The van der Waals surface area contributed by atoms with Crippen LogP contribution in [0.5, 0.6) is 5.75 Å². The van der Waals surface area contributed by atoms with Gasteiger partial charge in [0.1, 0.15) is 11.3 Å². The number of para-hydroxylation sites is 1. The van der Waals surface area contributed by atoms with Gasteiger partial charge in [-0.1, -0.05) is 12.1 Å². The lowest BCUT2D eigenvalue weighted by atomic mass is 10.2. The molecule has 0 heterocycles. The van der Waals surface area contributed by atoms with E-state index in [0.717, 1.165) is 24.3 Å². The van der Waals surface area contributed by atoms with Gasteiger partial charge in [-0.2, -0.15) is 13.2 Å². The molecule has 1 unspecified atom stereocenters. The summed E-state index contributed by atoms with van der Waals surface area (Å²) in [4.78, 5) is 24.2. The number of rotatable bonds is 5. The first-order valence-electron chi connectivity index (χ1n) is 7.54. The second kappa shape index (κ2) is 7.90. The minimum atomic E-state index is -4.46. The fraction of sp³-hybridized carbons (Fsp3) is 0.222. The molecular formula is C18H16F3NO4. The largest absolute Gasteiger partial charge is 0.496 e. The predicted octanol–water partition coefficient (Wildman–Crippen LogP) is 3.90. The summed E-state index contributed by atoms with van der Waals surface area (Å²) < 4.78 is 47.7. The Morgan fingerprint density at radius 1 is 1.04 bits per heavy atom. The van der Waals surface area contributed by atoms with Gasteiger partial charge in [0.2, 0.25) is 0 Å². The molecule has 1 atom stereocenters. The highest BCUT2D eigenvalue weighted by Gasteiger charge is 2.30. The van der Waals surface area contributed by atoms with E-state index in [2.05, 4.69) is 5.32 Å². The van der Waals surface area contributed by atoms with Crippen molar-refractivity contribution in [1.82, 2.24) is 0 Å². The first-order valence-corrected chi connectivity index (χ1v) is 7.54. The number of alkyl halides is 3. The standard InChI is InChI=1S/C18H16F3NO4/c1-11(26-17(24)14-5-3-4-6-15(14)25-2)16(23)22-13-9-7-12(8-10-13)18(19,20)21/h3-11H,1-2H3,(H,22,23). The Bertz CT molecular complexity index is 788. The first-order chi connectivity index (χ1) is 12.2. The summed E-state index contributed by atoms with van der Waals surface area (Å²) >= 11 is 0. The molecule has 26 heavy (non-hydrogen) atoms. The lowest BCUT2D eigenvalue weighted by Crippen LogP contribution is -2.30. The minimum absolute atomic E-state index is 0.156. The van der Waals surface area contributed by atoms with Gasteiger partial charge >= 0.3 is 12.1 Å². The van der Waals surface area contributed by atoms with E-state index in [-0.39, 0.29) is 11.3 Å². The number of benzene rings is 2. The number of anilines is 1. The Kier molecular flexibility index (Phi) is 5.86. The zero-order chi connectivity index (χ0) is 19.3. The van der Waals surface area contributed by atoms with Crippen molar-refractivity contribution in [3.8, 4) is 5.75 Å². The molecular weight excluding hydrogens is 351 g/mol. The molecule has 0 aromatic heterocycles. The highest BCUT2D eigenvalue weighted by Crippen LogP contribution is 2.29. The highest BCUT2D eigenvalue weighted by atomic mass is 19.4. The van der Waals surface area contributed by atoms with Crippen LogP contribution in [-0.2, 0) is 15.7 Å². The topological polar surface area (TPSA) is 64.6 Å². The lowest BCUT2D eigenvalue weighted by Gasteiger charge is -2.15. The molecule has 2 rings (SSSR count). The van der Waals surface area contributed by atoms with Gasteiger partial charge in [0.15, 0.2) is 6.10 Å². The van der Waals surface area contributed by atoms with Gasteiger partial charge in [-0.15, -0.1) is 0 Å². The maximum Gasteiger partial charge on any atom is 0.416 e. The number of amides is 1. The SMILES string of the molecule is COc1ccccc1C(=O)OC(C)C(=O)Nc1ccc(C(F)(F)F)cc1. The summed E-state index contributed by atoms with van der Waals surface area (Å²) in [6.45, 7) is 1.35. The number of halogens is 3. The summed E-state index contributed by atoms with van der Waals surface area (Å²) in [7, 11) is 1.40. The van der Waals surface area contributed by atoms with E-state index < -0.39 is 29.7 Å². The molecule has 0 spiro atoms. The van der Waals surface area contributed by atoms with Crippen molar-refractivity contribution in [2.75, 3.05) is 12.4 Å². The van der Waals surface area contributed by atoms with Crippen molar-refractivity contribution in [2.45, 2.75) is 19.2 Å². The monoisotopic (exact) mass is 367 g/mol. The Morgan fingerprint density at radius 2 is 1.65 bits per heavy atom. The van der Waals surface area contributed by atoms with Crippen molar-refractivity contribution in [3.05, 3.63) is 59.7 Å². The molecule has 2 aromatic rings. The summed E-state index contributed by atoms with van der Waals surface area (Å²) in [5.74, 6) is -1.13. The van der Waals surface area contributed by atoms with Crippen LogP contribution in [0.4, 0.5) is 18.9 Å². The number of nitrogens with one attached hydrogen (secondary N) is 1. The molecule has 0 radical (unpaired) electrons. The van der Waals surface area contributed by atoms with E-state index in [1.807, 2.05) is 0 Å². The van der Waals surface area contributed by atoms with Crippen molar-refractivity contribution in [2.24, 2.45) is 0 Å². The van der Waals surface area contributed by atoms with Gasteiger partial charge in [-0.25, -0.2) is 4.79 Å². The molecule has 5 nitrogen and oxygen atoms in total. The molecule has 2 aromatic carbocycles. The van der Waals surface area contributed by atoms with Crippen LogP contribution in [0.2, 0.25) is 0 Å². The van der Waals surface area contributed by atoms with Crippen LogP contribution >= 0.6 is 0 Å². The fourth-order valence-electron chi connectivity index (χ4n) is 2.08. The summed E-state index contributed by atoms with van der Waals surface area (Å²) in [6, 6.07) is 10.3. The summed E-state index contributed by atoms with van der Waals surface area (Å²) in [5, 5.41) is 2.39. The summed E-state index contributed by atoms with van der Waals surface area (Å²) in [5.41, 5.74) is -0.515. The van der Waals surface area contributed by atoms with E-state index in [9.17, 15) is 22.8 Å². The fourth-order valence-corrected chi connectivity index (χ4v) is 2.08. The number of carbonyl (C=O) groups excluding carboxylic acids is 2. The molecule has 0 saturated carbocycles. The molecule has 138 valence electrons. The van der Waals surface area contributed by atoms with Gasteiger partial charge in [-0.05, 0) is 43.3 Å². The third-order valence-electron chi connectivity index (χ3n) is 3.46. The molecule has 0 saturated heterocycles. The van der Waals surface area contributed by atoms with Crippen LogP contribution in [0.15, 0.2) is 48.5 Å². The Balaban J connectivity index is 2.00. The van der Waals surface area contributed by atoms with Crippen molar-refractivity contribution >= 4 is 17.6 Å².